The molecule has 2 unspecified atom stereocenters. The summed E-state index contributed by atoms with van der Waals surface area (Å²) in [5, 5.41) is 3.37. The summed E-state index contributed by atoms with van der Waals surface area (Å²) in [6, 6.07) is 3.84. The molecule has 0 aliphatic carbocycles. The van der Waals surface area contributed by atoms with E-state index in [0.717, 1.165) is 31.1 Å². The number of rotatable bonds is 5. The van der Waals surface area contributed by atoms with Gasteiger partial charge in [-0.2, -0.15) is 0 Å². The lowest BCUT2D eigenvalue weighted by atomic mass is 10.0. The van der Waals surface area contributed by atoms with Crippen LogP contribution in [-0.2, 0) is 4.74 Å². The van der Waals surface area contributed by atoms with Gasteiger partial charge in [-0.05, 0) is 39.3 Å². The summed E-state index contributed by atoms with van der Waals surface area (Å²) in [4.78, 5) is 4.34. The molecule has 1 N–H and O–H groups in total. The third-order valence-corrected chi connectivity index (χ3v) is 3.20. The van der Waals surface area contributed by atoms with Crippen LogP contribution in [0, 0.1) is 5.92 Å². The van der Waals surface area contributed by atoms with Crippen LogP contribution in [0.2, 0.25) is 0 Å². The van der Waals surface area contributed by atoms with Gasteiger partial charge in [0.05, 0.1) is 12.2 Å². The highest BCUT2D eigenvalue weighted by atomic mass is 16.5. The zero-order valence-electron chi connectivity index (χ0n) is 11.3. The van der Waals surface area contributed by atoms with Gasteiger partial charge in [0.1, 0.15) is 0 Å². The van der Waals surface area contributed by atoms with Crippen molar-refractivity contribution in [3.05, 3.63) is 18.3 Å². The van der Waals surface area contributed by atoms with Crippen LogP contribution in [0.4, 0.5) is 5.82 Å². The average molecular weight is 250 g/mol. The summed E-state index contributed by atoms with van der Waals surface area (Å²) >= 11 is 0. The molecule has 100 valence electrons. The van der Waals surface area contributed by atoms with Gasteiger partial charge in [-0.1, -0.05) is 0 Å². The van der Waals surface area contributed by atoms with Crippen molar-refractivity contribution in [2.24, 2.45) is 5.92 Å². The third kappa shape index (κ3) is 3.35. The first-order valence-corrected chi connectivity index (χ1v) is 6.64. The van der Waals surface area contributed by atoms with Crippen LogP contribution in [0.25, 0.3) is 0 Å². The molecule has 2 heterocycles. The molecule has 1 saturated heterocycles. The standard InChI is InChI=1S/C14H22N2O2/c1-10(2)18-13-5-4-7-15-14(13)16-9-12-6-8-17-11(12)3/h4-5,7,10-12H,6,8-9H2,1-3H3,(H,15,16). The van der Waals surface area contributed by atoms with E-state index in [2.05, 4.69) is 17.2 Å². The zero-order valence-corrected chi connectivity index (χ0v) is 11.3. The number of nitrogens with one attached hydrogen (secondary N) is 1. The first kappa shape index (κ1) is 13.1. The van der Waals surface area contributed by atoms with Crippen LogP contribution >= 0.6 is 0 Å². The maximum atomic E-state index is 5.73. The summed E-state index contributed by atoms with van der Waals surface area (Å²) in [5.74, 6) is 2.20. The van der Waals surface area contributed by atoms with Crippen molar-refractivity contribution < 1.29 is 9.47 Å². The number of aromatic nitrogens is 1. The van der Waals surface area contributed by atoms with E-state index in [0.29, 0.717) is 12.0 Å². The van der Waals surface area contributed by atoms with Gasteiger partial charge in [0, 0.05) is 25.3 Å². The molecule has 1 aliphatic rings. The monoisotopic (exact) mass is 250 g/mol. The van der Waals surface area contributed by atoms with E-state index in [1.165, 1.54) is 0 Å². The van der Waals surface area contributed by atoms with Crippen LogP contribution in [0.1, 0.15) is 27.2 Å². The topological polar surface area (TPSA) is 43.4 Å². The molecular formula is C14H22N2O2. The molecule has 1 fully saturated rings. The van der Waals surface area contributed by atoms with Gasteiger partial charge in [0.15, 0.2) is 11.6 Å². The van der Waals surface area contributed by atoms with Crippen molar-refractivity contribution in [2.45, 2.75) is 39.4 Å². The van der Waals surface area contributed by atoms with Crippen LogP contribution in [0.5, 0.6) is 5.75 Å². The lowest BCUT2D eigenvalue weighted by molar-refractivity contribution is 0.108. The molecule has 18 heavy (non-hydrogen) atoms. The molecule has 1 aliphatic heterocycles. The maximum Gasteiger partial charge on any atom is 0.168 e. The SMILES string of the molecule is CC(C)Oc1cccnc1NCC1CCOC1C. The normalized spacial score (nSPS) is 23.3. The molecule has 0 aromatic carbocycles. The molecule has 0 bridgehead atoms. The molecule has 0 amide bonds. The van der Waals surface area contributed by atoms with E-state index in [1.807, 2.05) is 26.0 Å². The van der Waals surface area contributed by atoms with Crippen LogP contribution in [0.15, 0.2) is 18.3 Å². The summed E-state index contributed by atoms with van der Waals surface area (Å²) in [7, 11) is 0. The highest BCUT2D eigenvalue weighted by molar-refractivity contribution is 5.49. The number of ether oxygens (including phenoxy) is 2. The van der Waals surface area contributed by atoms with Crippen molar-refractivity contribution in [1.82, 2.24) is 4.98 Å². The first-order valence-electron chi connectivity index (χ1n) is 6.64. The maximum absolute atomic E-state index is 5.73. The molecule has 1 aromatic heterocycles. The Kier molecular flexibility index (Phi) is 4.42. The molecular weight excluding hydrogens is 228 g/mol. The van der Waals surface area contributed by atoms with E-state index in [9.17, 15) is 0 Å². The van der Waals surface area contributed by atoms with Crippen LogP contribution in [0.3, 0.4) is 0 Å². The number of pyridine rings is 1. The van der Waals surface area contributed by atoms with Crippen molar-refractivity contribution in [3.8, 4) is 5.75 Å². The van der Waals surface area contributed by atoms with Crippen LogP contribution in [-0.4, -0.2) is 30.3 Å². The van der Waals surface area contributed by atoms with E-state index < -0.39 is 0 Å². The summed E-state index contributed by atoms with van der Waals surface area (Å²) in [6.07, 6.45) is 3.38. The molecule has 1 aromatic rings. The van der Waals surface area contributed by atoms with Crippen molar-refractivity contribution in [2.75, 3.05) is 18.5 Å². The highest BCUT2D eigenvalue weighted by Crippen LogP contribution is 2.25. The van der Waals surface area contributed by atoms with Crippen molar-refractivity contribution in [3.63, 3.8) is 0 Å². The number of hydrogen-bond donors (Lipinski definition) is 1. The predicted octanol–water partition coefficient (Wildman–Crippen LogP) is 2.71. The minimum atomic E-state index is 0.156. The Hall–Kier alpha value is -1.29. The Balaban J connectivity index is 1.95. The van der Waals surface area contributed by atoms with Gasteiger partial charge in [-0.3, -0.25) is 0 Å². The number of hydrogen-bond acceptors (Lipinski definition) is 4. The second-order valence-corrected chi connectivity index (χ2v) is 5.02. The zero-order chi connectivity index (χ0) is 13.0. The average Bonchev–Trinajstić information content (AvgIpc) is 2.73. The van der Waals surface area contributed by atoms with Gasteiger partial charge < -0.3 is 14.8 Å². The Labute approximate surface area is 109 Å². The number of anilines is 1. The van der Waals surface area contributed by atoms with Crippen LogP contribution < -0.4 is 10.1 Å². The molecule has 0 spiro atoms. The second-order valence-electron chi connectivity index (χ2n) is 5.02. The second kappa shape index (κ2) is 6.05. The predicted molar refractivity (Wildman–Crippen MR) is 72.0 cm³/mol. The van der Waals surface area contributed by atoms with Gasteiger partial charge in [-0.25, -0.2) is 4.98 Å². The lowest BCUT2D eigenvalue weighted by Crippen LogP contribution is -2.21. The van der Waals surface area contributed by atoms with E-state index in [4.69, 9.17) is 9.47 Å². The molecule has 2 rings (SSSR count). The molecule has 2 atom stereocenters. The van der Waals surface area contributed by atoms with Gasteiger partial charge in [-0.15, -0.1) is 0 Å². The summed E-state index contributed by atoms with van der Waals surface area (Å²) in [5.41, 5.74) is 0. The van der Waals surface area contributed by atoms with E-state index in [-0.39, 0.29) is 6.10 Å². The van der Waals surface area contributed by atoms with Crippen molar-refractivity contribution >= 4 is 5.82 Å². The number of nitrogens with zero attached hydrogens (tertiary/aromatic N) is 1. The third-order valence-electron chi connectivity index (χ3n) is 3.20. The van der Waals surface area contributed by atoms with Gasteiger partial charge >= 0.3 is 0 Å². The fraction of sp³-hybridized carbons (Fsp3) is 0.643. The molecule has 0 radical (unpaired) electrons. The van der Waals surface area contributed by atoms with E-state index >= 15 is 0 Å². The minimum absolute atomic E-state index is 0.156. The fourth-order valence-corrected chi connectivity index (χ4v) is 2.14. The van der Waals surface area contributed by atoms with Crippen molar-refractivity contribution in [1.29, 1.82) is 0 Å². The minimum Gasteiger partial charge on any atom is -0.487 e. The highest BCUT2D eigenvalue weighted by Gasteiger charge is 2.24. The lowest BCUT2D eigenvalue weighted by Gasteiger charge is -2.18. The van der Waals surface area contributed by atoms with Gasteiger partial charge in [0.2, 0.25) is 0 Å². The summed E-state index contributed by atoms with van der Waals surface area (Å²) in [6.45, 7) is 7.91. The van der Waals surface area contributed by atoms with E-state index in [1.54, 1.807) is 6.20 Å². The Morgan fingerprint density at radius 2 is 2.39 bits per heavy atom. The Morgan fingerprint density at radius 3 is 3.06 bits per heavy atom. The molecule has 0 saturated carbocycles. The smallest absolute Gasteiger partial charge is 0.168 e. The van der Waals surface area contributed by atoms with Gasteiger partial charge in [0.25, 0.3) is 0 Å². The first-order chi connectivity index (χ1) is 8.66. The Bertz CT molecular complexity index is 382. The Morgan fingerprint density at radius 1 is 1.56 bits per heavy atom. The largest absolute Gasteiger partial charge is 0.487 e. The molecule has 4 heteroatoms. The quantitative estimate of drug-likeness (QED) is 0.872. The molecule has 4 nitrogen and oxygen atoms in total. The fourth-order valence-electron chi connectivity index (χ4n) is 2.14. The summed E-state index contributed by atoms with van der Waals surface area (Å²) < 4.78 is 11.3.